The third-order valence-corrected chi connectivity index (χ3v) is 2.19. The lowest BCUT2D eigenvalue weighted by Crippen LogP contribution is -2.02. The summed E-state index contributed by atoms with van der Waals surface area (Å²) in [4.78, 5) is 8.54. The van der Waals surface area contributed by atoms with Crippen LogP contribution in [0, 0.1) is 13.8 Å². The highest BCUT2D eigenvalue weighted by molar-refractivity contribution is 8.93. The van der Waals surface area contributed by atoms with E-state index in [-0.39, 0.29) is 17.0 Å². The van der Waals surface area contributed by atoms with Gasteiger partial charge in [-0.15, -0.1) is 17.0 Å². The summed E-state index contributed by atoms with van der Waals surface area (Å²) < 4.78 is 0. The molecule has 0 atom stereocenters. The first-order valence-corrected chi connectivity index (χ1v) is 4.86. The van der Waals surface area contributed by atoms with E-state index < -0.39 is 0 Å². The van der Waals surface area contributed by atoms with Crippen molar-refractivity contribution in [1.29, 1.82) is 0 Å². The Labute approximate surface area is 93.3 Å². The summed E-state index contributed by atoms with van der Waals surface area (Å²) in [5.41, 5.74) is 7.41. The molecule has 0 aliphatic rings. The zero-order chi connectivity index (χ0) is 8.97. The van der Waals surface area contributed by atoms with Gasteiger partial charge < -0.3 is 5.73 Å². The standard InChI is InChI=1S/C8H13N3S.BrH/c1-6-5-7(2)11-8(10-6)12-4-3-9;/h5H,3-4,9H2,1-2H3;1H. The van der Waals surface area contributed by atoms with Gasteiger partial charge in [0, 0.05) is 23.7 Å². The summed E-state index contributed by atoms with van der Waals surface area (Å²) in [7, 11) is 0. The maximum Gasteiger partial charge on any atom is 0.188 e. The van der Waals surface area contributed by atoms with Gasteiger partial charge in [-0.2, -0.15) is 0 Å². The van der Waals surface area contributed by atoms with Gasteiger partial charge >= 0.3 is 0 Å². The van der Waals surface area contributed by atoms with Gasteiger partial charge in [-0.1, -0.05) is 11.8 Å². The van der Waals surface area contributed by atoms with E-state index in [1.807, 2.05) is 19.9 Å². The SMILES string of the molecule is Br.Cc1cc(C)nc(SCCN)n1. The van der Waals surface area contributed by atoms with Gasteiger partial charge in [0.25, 0.3) is 0 Å². The fraction of sp³-hybridized carbons (Fsp3) is 0.500. The number of nitrogens with zero attached hydrogens (tertiary/aromatic N) is 2. The van der Waals surface area contributed by atoms with Crippen LogP contribution in [-0.2, 0) is 0 Å². The minimum atomic E-state index is 0. The van der Waals surface area contributed by atoms with Crippen molar-refractivity contribution >= 4 is 28.7 Å². The Kier molecular flexibility index (Phi) is 6.28. The van der Waals surface area contributed by atoms with Crippen molar-refractivity contribution in [3.05, 3.63) is 17.5 Å². The quantitative estimate of drug-likeness (QED) is 0.667. The normalized spacial score (nSPS) is 9.46. The maximum absolute atomic E-state index is 5.38. The van der Waals surface area contributed by atoms with E-state index in [1.54, 1.807) is 11.8 Å². The molecule has 2 N–H and O–H groups in total. The van der Waals surface area contributed by atoms with Crippen molar-refractivity contribution in [3.8, 4) is 0 Å². The molecule has 0 aliphatic carbocycles. The molecule has 0 spiro atoms. The smallest absolute Gasteiger partial charge is 0.188 e. The van der Waals surface area contributed by atoms with Crippen molar-refractivity contribution in [3.63, 3.8) is 0 Å². The van der Waals surface area contributed by atoms with Gasteiger partial charge in [-0.05, 0) is 19.9 Å². The summed E-state index contributed by atoms with van der Waals surface area (Å²) in [6.45, 7) is 4.61. The molecule has 0 amide bonds. The Morgan fingerprint density at radius 3 is 2.31 bits per heavy atom. The molecular weight excluding hydrogens is 250 g/mol. The number of aromatic nitrogens is 2. The summed E-state index contributed by atoms with van der Waals surface area (Å²) in [6, 6.07) is 1.96. The Morgan fingerprint density at radius 1 is 1.31 bits per heavy atom. The lowest BCUT2D eigenvalue weighted by Gasteiger charge is -2.00. The minimum absolute atomic E-state index is 0. The third kappa shape index (κ3) is 4.59. The van der Waals surface area contributed by atoms with Gasteiger partial charge in [0.1, 0.15) is 0 Å². The average molecular weight is 264 g/mol. The van der Waals surface area contributed by atoms with E-state index in [4.69, 9.17) is 5.73 Å². The van der Waals surface area contributed by atoms with E-state index >= 15 is 0 Å². The van der Waals surface area contributed by atoms with Crippen LogP contribution in [0.2, 0.25) is 0 Å². The van der Waals surface area contributed by atoms with Crippen molar-refractivity contribution in [2.75, 3.05) is 12.3 Å². The number of halogens is 1. The van der Waals surface area contributed by atoms with Crippen molar-refractivity contribution in [2.45, 2.75) is 19.0 Å². The molecular formula is C8H14BrN3S. The number of hydrogen-bond donors (Lipinski definition) is 1. The van der Waals surface area contributed by atoms with Crippen molar-refractivity contribution in [1.82, 2.24) is 9.97 Å². The predicted octanol–water partition coefficient (Wildman–Crippen LogP) is 1.72. The number of thioether (sulfide) groups is 1. The number of nitrogens with two attached hydrogens (primary N) is 1. The first kappa shape index (κ1) is 12.9. The van der Waals surface area contributed by atoms with Gasteiger partial charge in [-0.25, -0.2) is 9.97 Å². The van der Waals surface area contributed by atoms with Gasteiger partial charge in [-0.3, -0.25) is 0 Å². The second-order valence-corrected chi connectivity index (χ2v) is 3.63. The van der Waals surface area contributed by atoms with E-state index in [2.05, 4.69) is 9.97 Å². The second-order valence-electron chi connectivity index (χ2n) is 2.57. The molecule has 3 nitrogen and oxygen atoms in total. The highest BCUT2D eigenvalue weighted by atomic mass is 79.9. The van der Waals surface area contributed by atoms with Crippen LogP contribution in [0.25, 0.3) is 0 Å². The van der Waals surface area contributed by atoms with Crippen LogP contribution >= 0.6 is 28.7 Å². The van der Waals surface area contributed by atoms with Crippen molar-refractivity contribution in [2.24, 2.45) is 5.73 Å². The summed E-state index contributed by atoms with van der Waals surface area (Å²) in [5.74, 6) is 0.878. The molecule has 1 heterocycles. The van der Waals surface area contributed by atoms with E-state index in [0.717, 1.165) is 22.3 Å². The zero-order valence-corrected chi connectivity index (χ0v) is 10.3. The van der Waals surface area contributed by atoms with Crippen LogP contribution in [0.4, 0.5) is 0 Å². The number of aryl methyl sites for hydroxylation is 2. The summed E-state index contributed by atoms with van der Waals surface area (Å²) in [5, 5.41) is 0.831. The first-order chi connectivity index (χ1) is 5.72. The molecule has 1 rings (SSSR count). The average Bonchev–Trinajstić information content (AvgIpc) is 1.99. The molecule has 0 saturated carbocycles. The van der Waals surface area contributed by atoms with Gasteiger partial charge in [0.05, 0.1) is 0 Å². The van der Waals surface area contributed by atoms with E-state index in [0.29, 0.717) is 6.54 Å². The molecule has 0 saturated heterocycles. The molecule has 1 aromatic heterocycles. The topological polar surface area (TPSA) is 51.8 Å². The first-order valence-electron chi connectivity index (χ1n) is 3.87. The Morgan fingerprint density at radius 2 is 1.85 bits per heavy atom. The van der Waals surface area contributed by atoms with Crippen LogP contribution < -0.4 is 5.73 Å². The fourth-order valence-corrected chi connectivity index (χ4v) is 1.63. The predicted molar refractivity (Wildman–Crippen MR) is 61.6 cm³/mol. The van der Waals surface area contributed by atoms with Crippen LogP contribution in [0.3, 0.4) is 0 Å². The zero-order valence-electron chi connectivity index (χ0n) is 7.78. The number of hydrogen-bond acceptors (Lipinski definition) is 4. The lowest BCUT2D eigenvalue weighted by molar-refractivity contribution is 0.901. The fourth-order valence-electron chi connectivity index (χ4n) is 0.908. The van der Waals surface area contributed by atoms with Crippen LogP contribution in [-0.4, -0.2) is 22.3 Å². The molecule has 5 heteroatoms. The summed E-state index contributed by atoms with van der Waals surface area (Å²) >= 11 is 1.60. The highest BCUT2D eigenvalue weighted by Gasteiger charge is 1.98. The van der Waals surface area contributed by atoms with E-state index in [9.17, 15) is 0 Å². The monoisotopic (exact) mass is 263 g/mol. The number of rotatable bonds is 3. The Hall–Kier alpha value is -0.130. The molecule has 0 bridgehead atoms. The molecule has 13 heavy (non-hydrogen) atoms. The largest absolute Gasteiger partial charge is 0.330 e. The Bertz CT molecular complexity index is 247. The minimum Gasteiger partial charge on any atom is -0.330 e. The van der Waals surface area contributed by atoms with Crippen molar-refractivity contribution < 1.29 is 0 Å². The van der Waals surface area contributed by atoms with Gasteiger partial charge in [0.15, 0.2) is 5.16 Å². The molecule has 0 unspecified atom stereocenters. The van der Waals surface area contributed by atoms with Crippen LogP contribution in [0.5, 0.6) is 0 Å². The molecule has 0 fully saturated rings. The molecule has 74 valence electrons. The highest BCUT2D eigenvalue weighted by Crippen LogP contribution is 2.12. The van der Waals surface area contributed by atoms with Crippen LogP contribution in [0.15, 0.2) is 11.2 Å². The second kappa shape index (κ2) is 6.34. The molecule has 0 aliphatic heterocycles. The lowest BCUT2D eigenvalue weighted by atomic mass is 10.4. The maximum atomic E-state index is 5.38. The molecule has 0 aromatic carbocycles. The van der Waals surface area contributed by atoms with Crippen LogP contribution in [0.1, 0.15) is 11.4 Å². The van der Waals surface area contributed by atoms with Gasteiger partial charge in [0.2, 0.25) is 0 Å². The van der Waals surface area contributed by atoms with E-state index in [1.165, 1.54) is 0 Å². The molecule has 1 aromatic rings. The Balaban J connectivity index is 0.00000144. The summed E-state index contributed by atoms with van der Waals surface area (Å²) in [6.07, 6.45) is 0. The third-order valence-electron chi connectivity index (χ3n) is 1.31. The molecule has 0 radical (unpaired) electrons.